The molecule has 0 amide bonds. The minimum absolute atomic E-state index is 0.239. The van der Waals surface area contributed by atoms with Crippen LogP contribution in [-0.2, 0) is 4.74 Å². The topological polar surface area (TPSA) is 52.3 Å². The number of ether oxygens (including phenoxy) is 1. The van der Waals surface area contributed by atoms with Crippen molar-refractivity contribution in [1.82, 2.24) is 4.98 Å². The first-order valence-electron chi connectivity index (χ1n) is 4.96. The first-order valence-corrected chi connectivity index (χ1v) is 5.84. The Labute approximate surface area is 93.4 Å². The third-order valence-electron chi connectivity index (χ3n) is 1.84. The zero-order valence-corrected chi connectivity index (χ0v) is 9.97. The van der Waals surface area contributed by atoms with Crippen molar-refractivity contribution in [3.8, 4) is 0 Å². The Kier molecular flexibility index (Phi) is 4.68. The highest BCUT2D eigenvalue weighted by atomic mass is 32.2. The largest absolute Gasteiger partial charge is 0.461 e. The highest BCUT2D eigenvalue weighted by molar-refractivity contribution is 7.99. The van der Waals surface area contributed by atoms with E-state index in [4.69, 9.17) is 9.15 Å². The van der Waals surface area contributed by atoms with Crippen LogP contribution in [0.3, 0.4) is 0 Å². The molecular formula is C10H15NO3S. The van der Waals surface area contributed by atoms with Crippen LogP contribution >= 0.6 is 11.8 Å². The number of aromatic nitrogens is 1. The quantitative estimate of drug-likeness (QED) is 0.574. The van der Waals surface area contributed by atoms with Gasteiger partial charge in [0.05, 0.1) is 6.61 Å². The van der Waals surface area contributed by atoms with Gasteiger partial charge in [0.25, 0.3) is 5.22 Å². The van der Waals surface area contributed by atoms with Gasteiger partial charge < -0.3 is 9.15 Å². The highest BCUT2D eigenvalue weighted by Crippen LogP contribution is 2.24. The van der Waals surface area contributed by atoms with Crippen molar-refractivity contribution in [2.75, 3.05) is 6.61 Å². The second kappa shape index (κ2) is 5.80. The summed E-state index contributed by atoms with van der Waals surface area (Å²) >= 11 is 1.51. The van der Waals surface area contributed by atoms with E-state index >= 15 is 0 Å². The summed E-state index contributed by atoms with van der Waals surface area (Å²) in [5.74, 6) is -0.433. The summed E-state index contributed by atoms with van der Waals surface area (Å²) in [4.78, 5) is 15.3. The normalized spacial score (nSPS) is 12.5. The second-order valence-corrected chi connectivity index (χ2v) is 4.45. The molecule has 4 nitrogen and oxygen atoms in total. The van der Waals surface area contributed by atoms with Crippen LogP contribution in [-0.4, -0.2) is 22.8 Å². The first-order chi connectivity index (χ1) is 7.17. The molecule has 5 heteroatoms. The van der Waals surface area contributed by atoms with E-state index in [1.807, 2.05) is 0 Å². The predicted octanol–water partition coefficient (Wildman–Crippen LogP) is 2.74. The standard InChI is InChI=1S/C10H15NO3S/c1-4-7(3)15-10-11-8(6-14-10)9(12)13-5-2/h6-7H,4-5H2,1-3H3. The summed E-state index contributed by atoms with van der Waals surface area (Å²) in [6.45, 7) is 6.28. The Morgan fingerprint density at radius 1 is 1.67 bits per heavy atom. The summed E-state index contributed by atoms with van der Waals surface area (Å²) < 4.78 is 9.96. The molecule has 1 aromatic heterocycles. The molecular weight excluding hydrogens is 214 g/mol. The molecule has 1 aromatic rings. The van der Waals surface area contributed by atoms with E-state index in [1.54, 1.807) is 6.92 Å². The van der Waals surface area contributed by atoms with Crippen LogP contribution in [0.4, 0.5) is 0 Å². The van der Waals surface area contributed by atoms with Crippen molar-refractivity contribution in [3.05, 3.63) is 12.0 Å². The minimum atomic E-state index is -0.433. The van der Waals surface area contributed by atoms with Crippen LogP contribution in [0, 0.1) is 0 Å². The molecule has 0 radical (unpaired) electrons. The average Bonchev–Trinajstić information content (AvgIpc) is 2.66. The van der Waals surface area contributed by atoms with Gasteiger partial charge in [-0.05, 0) is 13.3 Å². The van der Waals surface area contributed by atoms with Gasteiger partial charge in [-0.2, -0.15) is 4.98 Å². The van der Waals surface area contributed by atoms with Crippen LogP contribution in [0.1, 0.15) is 37.7 Å². The molecule has 0 aromatic carbocycles. The van der Waals surface area contributed by atoms with Crippen molar-refractivity contribution < 1.29 is 13.9 Å². The fraction of sp³-hybridized carbons (Fsp3) is 0.600. The average molecular weight is 229 g/mol. The van der Waals surface area contributed by atoms with Crippen molar-refractivity contribution in [2.45, 2.75) is 37.7 Å². The van der Waals surface area contributed by atoms with Crippen molar-refractivity contribution >= 4 is 17.7 Å². The van der Waals surface area contributed by atoms with Gasteiger partial charge in [-0.15, -0.1) is 0 Å². The molecule has 15 heavy (non-hydrogen) atoms. The van der Waals surface area contributed by atoms with Gasteiger partial charge in [-0.25, -0.2) is 4.79 Å². The third kappa shape index (κ3) is 3.58. The van der Waals surface area contributed by atoms with Crippen LogP contribution in [0.5, 0.6) is 0 Å². The van der Waals surface area contributed by atoms with Gasteiger partial charge >= 0.3 is 5.97 Å². The molecule has 1 atom stereocenters. The fourth-order valence-electron chi connectivity index (χ4n) is 0.866. The van der Waals surface area contributed by atoms with Crippen LogP contribution < -0.4 is 0 Å². The van der Waals surface area contributed by atoms with Crippen molar-refractivity contribution in [1.29, 1.82) is 0 Å². The summed E-state index contributed by atoms with van der Waals surface area (Å²) in [6, 6.07) is 0. The lowest BCUT2D eigenvalue weighted by Crippen LogP contribution is -2.04. The summed E-state index contributed by atoms with van der Waals surface area (Å²) in [7, 11) is 0. The number of carbonyl (C=O) groups excluding carboxylic acids is 1. The molecule has 84 valence electrons. The number of hydrogen-bond acceptors (Lipinski definition) is 5. The lowest BCUT2D eigenvalue weighted by atomic mass is 10.4. The number of rotatable bonds is 5. The predicted molar refractivity (Wildman–Crippen MR) is 58.1 cm³/mol. The Bertz CT molecular complexity index is 324. The molecule has 0 saturated carbocycles. The number of hydrogen-bond donors (Lipinski definition) is 0. The van der Waals surface area contributed by atoms with E-state index in [0.717, 1.165) is 6.42 Å². The van der Waals surface area contributed by atoms with Gasteiger partial charge in [0.2, 0.25) is 0 Å². The molecule has 0 fully saturated rings. The lowest BCUT2D eigenvalue weighted by molar-refractivity contribution is 0.0519. The van der Waals surface area contributed by atoms with E-state index in [-0.39, 0.29) is 5.69 Å². The first kappa shape index (κ1) is 12.1. The maximum Gasteiger partial charge on any atom is 0.360 e. The molecule has 1 rings (SSSR count). The van der Waals surface area contributed by atoms with E-state index < -0.39 is 5.97 Å². The van der Waals surface area contributed by atoms with Crippen LogP contribution in [0.2, 0.25) is 0 Å². The molecule has 0 saturated heterocycles. The van der Waals surface area contributed by atoms with Gasteiger partial charge in [-0.1, -0.05) is 25.6 Å². The smallest absolute Gasteiger partial charge is 0.360 e. The minimum Gasteiger partial charge on any atom is -0.461 e. The number of esters is 1. The molecule has 0 aliphatic carbocycles. The monoisotopic (exact) mass is 229 g/mol. The number of oxazole rings is 1. The maximum absolute atomic E-state index is 11.3. The number of carbonyl (C=O) groups is 1. The summed E-state index contributed by atoms with van der Waals surface area (Å²) in [5.41, 5.74) is 0.239. The van der Waals surface area contributed by atoms with E-state index in [9.17, 15) is 4.79 Å². The van der Waals surface area contributed by atoms with Crippen LogP contribution in [0.15, 0.2) is 15.9 Å². The summed E-state index contributed by atoms with van der Waals surface area (Å²) in [6.07, 6.45) is 2.37. The van der Waals surface area contributed by atoms with E-state index in [1.165, 1.54) is 18.0 Å². The molecule has 0 spiro atoms. The lowest BCUT2D eigenvalue weighted by Gasteiger charge is -2.02. The Balaban J connectivity index is 2.59. The van der Waals surface area contributed by atoms with Gasteiger partial charge in [-0.3, -0.25) is 0 Å². The van der Waals surface area contributed by atoms with Gasteiger partial charge in [0.15, 0.2) is 5.69 Å². The van der Waals surface area contributed by atoms with Gasteiger partial charge in [0, 0.05) is 5.25 Å². The molecule has 0 aliphatic heterocycles. The second-order valence-electron chi connectivity index (χ2n) is 3.06. The molecule has 1 unspecified atom stereocenters. The SMILES string of the molecule is CCOC(=O)c1coc(SC(C)CC)n1. The molecule has 0 aliphatic rings. The molecule has 0 N–H and O–H groups in total. The molecule has 0 bridgehead atoms. The number of nitrogens with zero attached hydrogens (tertiary/aromatic N) is 1. The zero-order chi connectivity index (χ0) is 11.3. The van der Waals surface area contributed by atoms with Gasteiger partial charge in [0.1, 0.15) is 6.26 Å². The maximum atomic E-state index is 11.3. The zero-order valence-electron chi connectivity index (χ0n) is 9.15. The summed E-state index contributed by atoms with van der Waals surface area (Å²) in [5, 5.41) is 0.950. The van der Waals surface area contributed by atoms with E-state index in [0.29, 0.717) is 17.1 Å². The Morgan fingerprint density at radius 3 is 3.00 bits per heavy atom. The highest BCUT2D eigenvalue weighted by Gasteiger charge is 2.14. The third-order valence-corrected chi connectivity index (χ3v) is 2.97. The Morgan fingerprint density at radius 2 is 2.40 bits per heavy atom. The number of thioether (sulfide) groups is 1. The van der Waals surface area contributed by atoms with E-state index in [2.05, 4.69) is 18.8 Å². The molecule has 1 heterocycles. The van der Waals surface area contributed by atoms with Crippen molar-refractivity contribution in [3.63, 3.8) is 0 Å². The Hall–Kier alpha value is -0.970. The fourth-order valence-corrected chi connectivity index (χ4v) is 1.63. The van der Waals surface area contributed by atoms with Crippen molar-refractivity contribution in [2.24, 2.45) is 0 Å². The van der Waals surface area contributed by atoms with Crippen LogP contribution in [0.25, 0.3) is 0 Å².